The van der Waals surface area contributed by atoms with Gasteiger partial charge in [0.05, 0.1) is 0 Å². The summed E-state index contributed by atoms with van der Waals surface area (Å²) in [5, 5.41) is 13.6. The maximum Gasteiger partial charge on any atom is 0.206 e. The Kier molecular flexibility index (Phi) is 3.93. The molecule has 2 aromatic rings. The molecule has 20 heavy (non-hydrogen) atoms. The third-order valence-electron chi connectivity index (χ3n) is 3.60. The fourth-order valence-electron chi connectivity index (χ4n) is 2.33. The fourth-order valence-corrected chi connectivity index (χ4v) is 3.06. The fraction of sp³-hybridized carbons (Fsp3) is 0.500. The Morgan fingerprint density at radius 2 is 2.20 bits per heavy atom. The zero-order chi connectivity index (χ0) is 13.9. The number of anilines is 1. The molecule has 1 N–H and O–H groups in total. The molecule has 1 aliphatic rings. The Labute approximate surface area is 123 Å². The molecule has 1 aliphatic carbocycles. The van der Waals surface area contributed by atoms with Crippen molar-refractivity contribution in [1.29, 1.82) is 0 Å². The third kappa shape index (κ3) is 3.13. The van der Waals surface area contributed by atoms with E-state index >= 15 is 0 Å². The highest BCUT2D eigenvalue weighted by atomic mass is 32.1. The topological polar surface area (TPSA) is 53.9 Å². The van der Waals surface area contributed by atoms with Gasteiger partial charge in [-0.05, 0) is 45.0 Å². The van der Waals surface area contributed by atoms with Crippen LogP contribution in [0.3, 0.4) is 0 Å². The molecule has 1 fully saturated rings. The molecule has 1 atom stereocenters. The van der Waals surface area contributed by atoms with Crippen molar-refractivity contribution in [2.45, 2.75) is 18.9 Å². The van der Waals surface area contributed by atoms with E-state index in [0.29, 0.717) is 6.04 Å². The lowest BCUT2D eigenvalue weighted by Gasteiger charge is -2.24. The molecule has 6 heteroatoms. The minimum absolute atomic E-state index is 0.581. The normalized spacial score (nSPS) is 16.4. The van der Waals surface area contributed by atoms with E-state index < -0.39 is 0 Å². The minimum Gasteiger partial charge on any atom is -0.358 e. The van der Waals surface area contributed by atoms with Crippen molar-refractivity contribution in [3.63, 3.8) is 0 Å². The zero-order valence-electron chi connectivity index (χ0n) is 11.8. The summed E-state index contributed by atoms with van der Waals surface area (Å²) in [5.74, 6) is 0.834. The van der Waals surface area contributed by atoms with Crippen molar-refractivity contribution in [3.05, 3.63) is 24.4 Å². The van der Waals surface area contributed by atoms with E-state index in [-0.39, 0.29) is 0 Å². The smallest absolute Gasteiger partial charge is 0.206 e. The summed E-state index contributed by atoms with van der Waals surface area (Å²) < 4.78 is 0. The molecule has 5 nitrogen and oxygen atoms in total. The first-order valence-corrected chi connectivity index (χ1v) is 7.71. The Morgan fingerprint density at radius 3 is 2.85 bits per heavy atom. The predicted octanol–water partition coefficient (Wildman–Crippen LogP) is 2.35. The standard InChI is InChI=1S/C14H19N5S/c1-19(2)12(10-6-7-10)9-16-14-18-17-13(20-14)11-5-3-4-8-15-11/h3-5,8,10,12H,6-7,9H2,1-2H3,(H,16,18). The third-order valence-corrected chi connectivity index (χ3v) is 4.50. The second-order valence-electron chi connectivity index (χ2n) is 5.38. The molecular weight excluding hydrogens is 270 g/mol. The van der Waals surface area contributed by atoms with E-state index in [4.69, 9.17) is 0 Å². The van der Waals surface area contributed by atoms with Crippen LogP contribution in [0.1, 0.15) is 12.8 Å². The van der Waals surface area contributed by atoms with E-state index in [9.17, 15) is 0 Å². The Bertz CT molecular complexity index is 548. The van der Waals surface area contributed by atoms with Gasteiger partial charge in [0.25, 0.3) is 0 Å². The summed E-state index contributed by atoms with van der Waals surface area (Å²) >= 11 is 1.56. The van der Waals surface area contributed by atoms with Crippen molar-refractivity contribution in [2.75, 3.05) is 26.0 Å². The zero-order valence-corrected chi connectivity index (χ0v) is 12.6. The number of aromatic nitrogens is 3. The van der Waals surface area contributed by atoms with Gasteiger partial charge in [0.15, 0.2) is 5.01 Å². The monoisotopic (exact) mass is 289 g/mol. The lowest BCUT2D eigenvalue weighted by molar-refractivity contribution is 0.276. The highest BCUT2D eigenvalue weighted by Crippen LogP contribution is 2.35. The van der Waals surface area contributed by atoms with Gasteiger partial charge in [-0.2, -0.15) is 0 Å². The number of likely N-dealkylation sites (N-methyl/N-ethyl adjacent to an activating group) is 1. The van der Waals surface area contributed by atoms with E-state index in [1.165, 1.54) is 12.8 Å². The molecule has 3 rings (SSSR count). The molecule has 2 heterocycles. The van der Waals surface area contributed by atoms with Crippen LogP contribution < -0.4 is 5.32 Å². The molecular formula is C14H19N5S. The Morgan fingerprint density at radius 1 is 1.35 bits per heavy atom. The van der Waals surface area contributed by atoms with Crippen LogP contribution in [0.2, 0.25) is 0 Å². The highest BCUT2D eigenvalue weighted by Gasteiger charge is 2.32. The number of hydrogen-bond donors (Lipinski definition) is 1. The number of nitrogens with one attached hydrogen (secondary N) is 1. The molecule has 0 amide bonds. The van der Waals surface area contributed by atoms with Crippen molar-refractivity contribution in [2.24, 2.45) is 5.92 Å². The first-order chi connectivity index (χ1) is 9.74. The van der Waals surface area contributed by atoms with Gasteiger partial charge in [-0.25, -0.2) is 0 Å². The van der Waals surface area contributed by atoms with E-state index in [1.54, 1.807) is 17.5 Å². The quantitative estimate of drug-likeness (QED) is 0.884. The van der Waals surface area contributed by atoms with Crippen molar-refractivity contribution >= 4 is 16.5 Å². The number of hydrogen-bond acceptors (Lipinski definition) is 6. The number of rotatable bonds is 6. The van der Waals surface area contributed by atoms with Gasteiger partial charge in [0.1, 0.15) is 5.69 Å². The predicted molar refractivity (Wildman–Crippen MR) is 81.8 cm³/mol. The molecule has 0 bridgehead atoms. The van der Waals surface area contributed by atoms with Gasteiger partial charge >= 0.3 is 0 Å². The van der Waals surface area contributed by atoms with Gasteiger partial charge in [-0.1, -0.05) is 17.4 Å². The second-order valence-corrected chi connectivity index (χ2v) is 6.35. The van der Waals surface area contributed by atoms with Gasteiger partial charge < -0.3 is 10.2 Å². The van der Waals surface area contributed by atoms with Crippen LogP contribution in [0.25, 0.3) is 10.7 Å². The van der Waals surface area contributed by atoms with Crippen molar-refractivity contribution in [3.8, 4) is 10.7 Å². The first kappa shape index (κ1) is 13.5. The van der Waals surface area contributed by atoms with Crippen LogP contribution in [-0.4, -0.2) is 46.8 Å². The average Bonchev–Trinajstić information content (AvgIpc) is 3.17. The van der Waals surface area contributed by atoms with Crippen LogP contribution in [0.4, 0.5) is 5.13 Å². The van der Waals surface area contributed by atoms with E-state index in [1.807, 2.05) is 18.2 Å². The molecule has 106 valence electrons. The van der Waals surface area contributed by atoms with E-state index in [2.05, 4.69) is 39.5 Å². The Hall–Kier alpha value is -1.53. The minimum atomic E-state index is 0.581. The average molecular weight is 289 g/mol. The molecule has 0 spiro atoms. The highest BCUT2D eigenvalue weighted by molar-refractivity contribution is 7.18. The first-order valence-electron chi connectivity index (χ1n) is 6.89. The van der Waals surface area contributed by atoms with Gasteiger partial charge in [-0.3, -0.25) is 4.98 Å². The second kappa shape index (κ2) is 5.85. The Balaban J connectivity index is 1.62. The molecule has 0 saturated heterocycles. The number of nitrogens with zero attached hydrogens (tertiary/aromatic N) is 4. The number of pyridine rings is 1. The van der Waals surface area contributed by atoms with Crippen molar-refractivity contribution in [1.82, 2.24) is 20.1 Å². The van der Waals surface area contributed by atoms with E-state index in [0.717, 1.165) is 28.3 Å². The molecule has 1 saturated carbocycles. The maximum absolute atomic E-state index is 4.30. The summed E-state index contributed by atoms with van der Waals surface area (Å²) in [4.78, 5) is 6.59. The summed E-state index contributed by atoms with van der Waals surface area (Å²) in [6.45, 7) is 0.925. The molecule has 1 unspecified atom stereocenters. The molecule has 0 radical (unpaired) electrons. The molecule has 0 aromatic carbocycles. The summed E-state index contributed by atoms with van der Waals surface area (Å²) in [5.41, 5.74) is 0.879. The van der Waals surface area contributed by atoms with Crippen LogP contribution in [0.15, 0.2) is 24.4 Å². The van der Waals surface area contributed by atoms with Crippen LogP contribution in [0.5, 0.6) is 0 Å². The summed E-state index contributed by atoms with van der Waals surface area (Å²) in [6.07, 6.45) is 4.47. The van der Waals surface area contributed by atoms with Crippen LogP contribution in [0, 0.1) is 5.92 Å². The van der Waals surface area contributed by atoms with Crippen molar-refractivity contribution < 1.29 is 0 Å². The van der Waals surface area contributed by atoms with Gasteiger partial charge in [0, 0.05) is 18.8 Å². The lowest BCUT2D eigenvalue weighted by Crippen LogP contribution is -2.36. The summed E-state index contributed by atoms with van der Waals surface area (Å²) in [7, 11) is 4.29. The van der Waals surface area contributed by atoms with Gasteiger partial charge in [0.2, 0.25) is 5.13 Å². The summed E-state index contributed by atoms with van der Waals surface area (Å²) in [6, 6.07) is 6.40. The maximum atomic E-state index is 4.30. The largest absolute Gasteiger partial charge is 0.358 e. The van der Waals surface area contributed by atoms with Crippen LogP contribution in [-0.2, 0) is 0 Å². The van der Waals surface area contributed by atoms with Gasteiger partial charge in [-0.15, -0.1) is 10.2 Å². The molecule has 0 aliphatic heterocycles. The molecule has 2 aromatic heterocycles. The SMILES string of the molecule is CN(C)C(CNc1nnc(-c2ccccn2)s1)C1CC1. The lowest BCUT2D eigenvalue weighted by atomic mass is 10.1. The van der Waals surface area contributed by atoms with Crippen LogP contribution >= 0.6 is 11.3 Å².